The summed E-state index contributed by atoms with van der Waals surface area (Å²) in [5, 5.41) is 6.39. The lowest BCUT2D eigenvalue weighted by Gasteiger charge is -2.35. The molecule has 2 N–H and O–H groups in total. The molecule has 1 aromatic rings. The molecule has 2 rings (SSSR count). The monoisotopic (exact) mass is 276 g/mol. The number of benzene rings is 1. The van der Waals surface area contributed by atoms with Gasteiger partial charge in [0.25, 0.3) is 0 Å². The lowest BCUT2D eigenvalue weighted by molar-refractivity contribution is -0.136. The van der Waals surface area contributed by atoms with Gasteiger partial charge in [-0.1, -0.05) is 24.3 Å². The zero-order valence-electron chi connectivity index (χ0n) is 12.4. The van der Waals surface area contributed by atoms with E-state index in [2.05, 4.69) is 29.7 Å². The van der Waals surface area contributed by atoms with E-state index in [0.29, 0.717) is 13.2 Å². The highest BCUT2D eigenvalue weighted by atomic mass is 16.5. The van der Waals surface area contributed by atoms with Crippen molar-refractivity contribution in [2.45, 2.75) is 26.3 Å². The predicted molar refractivity (Wildman–Crippen MR) is 79.4 cm³/mol. The summed E-state index contributed by atoms with van der Waals surface area (Å²) in [6.07, 6.45) is 1.67. The first kappa shape index (κ1) is 15.0. The van der Waals surface area contributed by atoms with Gasteiger partial charge in [-0.2, -0.15) is 0 Å². The lowest BCUT2D eigenvalue weighted by Crippen LogP contribution is -2.50. The van der Waals surface area contributed by atoms with Gasteiger partial charge in [0.15, 0.2) is 0 Å². The highest BCUT2D eigenvalue weighted by molar-refractivity contribution is 5.83. The molecule has 0 radical (unpaired) electrons. The van der Waals surface area contributed by atoms with E-state index >= 15 is 0 Å². The van der Waals surface area contributed by atoms with Crippen LogP contribution in [0.2, 0.25) is 0 Å². The van der Waals surface area contributed by atoms with E-state index in [9.17, 15) is 4.79 Å². The number of carbonyl (C=O) groups excluding carboxylic acids is 1. The average Bonchev–Trinajstić information content (AvgIpc) is 2.47. The lowest BCUT2D eigenvalue weighted by atomic mass is 9.78. The van der Waals surface area contributed by atoms with Crippen molar-refractivity contribution in [1.82, 2.24) is 10.6 Å². The van der Waals surface area contributed by atoms with Crippen LogP contribution < -0.4 is 10.6 Å². The zero-order chi connectivity index (χ0) is 14.4. The molecule has 0 aliphatic carbocycles. The Bertz CT molecular complexity index is 448. The van der Waals surface area contributed by atoms with E-state index in [0.717, 1.165) is 25.9 Å². The molecule has 20 heavy (non-hydrogen) atoms. The van der Waals surface area contributed by atoms with Gasteiger partial charge in [-0.25, -0.2) is 0 Å². The third kappa shape index (κ3) is 3.38. The molecule has 0 aromatic heterocycles. The Labute approximate surface area is 120 Å². The van der Waals surface area contributed by atoms with Crippen LogP contribution in [0, 0.1) is 12.3 Å². The van der Waals surface area contributed by atoms with E-state index in [4.69, 9.17) is 4.74 Å². The van der Waals surface area contributed by atoms with Crippen LogP contribution in [0.15, 0.2) is 24.3 Å². The standard InChI is InChI=1S/C16H24N2O2/c1-13-5-3-4-6-14(13)11-18-15(19)16(12-20-2)7-9-17-10-8-16/h3-6,17H,7-12H2,1-2H3,(H,18,19). The Morgan fingerprint density at radius 1 is 1.35 bits per heavy atom. The van der Waals surface area contributed by atoms with Gasteiger partial charge in [-0.05, 0) is 44.0 Å². The van der Waals surface area contributed by atoms with Crippen LogP contribution in [0.5, 0.6) is 0 Å². The van der Waals surface area contributed by atoms with Crippen LogP contribution >= 0.6 is 0 Å². The van der Waals surface area contributed by atoms with Crippen molar-refractivity contribution < 1.29 is 9.53 Å². The van der Waals surface area contributed by atoms with Crippen molar-refractivity contribution in [2.24, 2.45) is 5.41 Å². The van der Waals surface area contributed by atoms with Crippen LogP contribution in [-0.4, -0.2) is 32.7 Å². The Morgan fingerprint density at radius 2 is 2.05 bits per heavy atom. The minimum absolute atomic E-state index is 0.115. The number of piperidine rings is 1. The molecule has 4 heteroatoms. The maximum absolute atomic E-state index is 12.6. The zero-order valence-corrected chi connectivity index (χ0v) is 12.4. The minimum Gasteiger partial charge on any atom is -0.384 e. The number of hydrogen-bond donors (Lipinski definition) is 2. The fraction of sp³-hybridized carbons (Fsp3) is 0.562. The van der Waals surface area contributed by atoms with Crippen LogP contribution in [0.4, 0.5) is 0 Å². The number of hydrogen-bond acceptors (Lipinski definition) is 3. The van der Waals surface area contributed by atoms with E-state index in [1.54, 1.807) is 7.11 Å². The maximum Gasteiger partial charge on any atom is 0.228 e. The summed E-state index contributed by atoms with van der Waals surface area (Å²) in [5.74, 6) is 0.115. The van der Waals surface area contributed by atoms with Gasteiger partial charge < -0.3 is 15.4 Å². The fourth-order valence-corrected chi connectivity index (χ4v) is 2.79. The molecular formula is C16H24N2O2. The molecule has 0 saturated carbocycles. The van der Waals surface area contributed by atoms with Gasteiger partial charge in [-0.3, -0.25) is 4.79 Å². The summed E-state index contributed by atoms with van der Waals surface area (Å²) in [6, 6.07) is 8.14. The number of amides is 1. The number of carbonyl (C=O) groups is 1. The SMILES string of the molecule is COCC1(C(=O)NCc2ccccc2C)CCNCC1. The van der Waals surface area contributed by atoms with Gasteiger partial charge in [0.1, 0.15) is 0 Å². The van der Waals surface area contributed by atoms with E-state index in [-0.39, 0.29) is 11.3 Å². The number of nitrogens with one attached hydrogen (secondary N) is 2. The van der Waals surface area contributed by atoms with Gasteiger partial charge in [-0.15, -0.1) is 0 Å². The first-order chi connectivity index (χ1) is 9.68. The van der Waals surface area contributed by atoms with E-state index in [1.807, 2.05) is 12.1 Å². The molecule has 0 unspecified atom stereocenters. The first-order valence-corrected chi connectivity index (χ1v) is 7.20. The molecule has 1 aliphatic rings. The fourth-order valence-electron chi connectivity index (χ4n) is 2.79. The van der Waals surface area contributed by atoms with Crippen LogP contribution in [0.3, 0.4) is 0 Å². The molecule has 1 fully saturated rings. The molecule has 1 amide bonds. The second-order valence-corrected chi connectivity index (χ2v) is 5.57. The van der Waals surface area contributed by atoms with Crippen molar-refractivity contribution in [2.75, 3.05) is 26.8 Å². The van der Waals surface area contributed by atoms with Gasteiger partial charge in [0.05, 0.1) is 12.0 Å². The normalized spacial score (nSPS) is 17.7. The minimum atomic E-state index is -0.372. The maximum atomic E-state index is 12.6. The molecule has 0 spiro atoms. The summed E-state index contributed by atoms with van der Waals surface area (Å²) < 4.78 is 5.29. The quantitative estimate of drug-likeness (QED) is 0.859. The number of ether oxygens (including phenoxy) is 1. The molecule has 0 bridgehead atoms. The number of methoxy groups -OCH3 is 1. The average molecular weight is 276 g/mol. The van der Waals surface area contributed by atoms with Crippen molar-refractivity contribution in [1.29, 1.82) is 0 Å². The summed E-state index contributed by atoms with van der Waals surface area (Å²) in [4.78, 5) is 12.6. The van der Waals surface area contributed by atoms with Crippen LogP contribution in [0.25, 0.3) is 0 Å². The summed E-state index contributed by atoms with van der Waals surface area (Å²) in [7, 11) is 1.67. The third-order valence-corrected chi connectivity index (χ3v) is 4.16. The predicted octanol–water partition coefficient (Wildman–Crippen LogP) is 1.63. The Kier molecular flexibility index (Phi) is 5.15. The Morgan fingerprint density at radius 3 is 2.70 bits per heavy atom. The number of rotatable bonds is 5. The van der Waals surface area contributed by atoms with Crippen LogP contribution in [0.1, 0.15) is 24.0 Å². The van der Waals surface area contributed by atoms with E-state index < -0.39 is 0 Å². The Hall–Kier alpha value is -1.39. The topological polar surface area (TPSA) is 50.4 Å². The summed E-state index contributed by atoms with van der Waals surface area (Å²) in [6.45, 7) is 4.90. The van der Waals surface area contributed by atoms with Crippen molar-refractivity contribution in [3.05, 3.63) is 35.4 Å². The molecular weight excluding hydrogens is 252 g/mol. The Balaban J connectivity index is 2.00. The highest BCUT2D eigenvalue weighted by Gasteiger charge is 2.39. The molecule has 4 nitrogen and oxygen atoms in total. The molecule has 1 saturated heterocycles. The smallest absolute Gasteiger partial charge is 0.228 e. The molecule has 110 valence electrons. The van der Waals surface area contributed by atoms with Gasteiger partial charge in [0.2, 0.25) is 5.91 Å². The largest absolute Gasteiger partial charge is 0.384 e. The molecule has 1 aliphatic heterocycles. The first-order valence-electron chi connectivity index (χ1n) is 7.20. The van der Waals surface area contributed by atoms with Crippen molar-refractivity contribution >= 4 is 5.91 Å². The van der Waals surface area contributed by atoms with Crippen molar-refractivity contribution in [3.63, 3.8) is 0 Å². The van der Waals surface area contributed by atoms with Gasteiger partial charge in [0, 0.05) is 13.7 Å². The van der Waals surface area contributed by atoms with Gasteiger partial charge >= 0.3 is 0 Å². The molecule has 1 heterocycles. The third-order valence-electron chi connectivity index (χ3n) is 4.16. The highest BCUT2D eigenvalue weighted by Crippen LogP contribution is 2.29. The second-order valence-electron chi connectivity index (χ2n) is 5.57. The van der Waals surface area contributed by atoms with E-state index in [1.165, 1.54) is 11.1 Å². The summed E-state index contributed by atoms with van der Waals surface area (Å²) >= 11 is 0. The molecule has 1 aromatic carbocycles. The second kappa shape index (κ2) is 6.86. The summed E-state index contributed by atoms with van der Waals surface area (Å²) in [5.41, 5.74) is 2.00. The number of aryl methyl sites for hydroxylation is 1. The van der Waals surface area contributed by atoms with Crippen molar-refractivity contribution in [3.8, 4) is 0 Å². The molecule has 0 atom stereocenters. The van der Waals surface area contributed by atoms with Crippen LogP contribution in [-0.2, 0) is 16.1 Å².